The Kier molecular flexibility index (Phi) is 5.48. The van der Waals surface area contributed by atoms with Crippen molar-refractivity contribution in [3.05, 3.63) is 11.6 Å². The van der Waals surface area contributed by atoms with E-state index in [-0.39, 0.29) is 0 Å². The number of likely N-dealkylation sites (N-methyl/N-ethyl adjacent to an activating group) is 1. The molecule has 0 aromatic heterocycles. The van der Waals surface area contributed by atoms with Gasteiger partial charge in [0.25, 0.3) is 0 Å². The number of halogens is 1. The van der Waals surface area contributed by atoms with Crippen molar-refractivity contribution in [1.82, 2.24) is 15.1 Å². The molecule has 1 rings (SSSR count). The Labute approximate surface area is 91.7 Å². The van der Waals surface area contributed by atoms with E-state index in [1.54, 1.807) is 0 Å². The third-order valence-electron chi connectivity index (χ3n) is 2.45. The molecule has 1 aliphatic heterocycles. The molecule has 0 aliphatic carbocycles. The molecule has 0 bridgehead atoms. The summed E-state index contributed by atoms with van der Waals surface area (Å²) >= 11 is 5.73. The first kappa shape index (κ1) is 12.0. The first-order chi connectivity index (χ1) is 6.68. The minimum Gasteiger partial charge on any atom is -0.314 e. The highest BCUT2D eigenvalue weighted by Crippen LogP contribution is 1.99. The quantitative estimate of drug-likeness (QED) is 0.727. The van der Waals surface area contributed by atoms with Crippen LogP contribution in [0.4, 0.5) is 0 Å². The summed E-state index contributed by atoms with van der Waals surface area (Å²) in [7, 11) is 2.08. The van der Waals surface area contributed by atoms with E-state index in [0.717, 1.165) is 45.8 Å². The van der Waals surface area contributed by atoms with Gasteiger partial charge in [0.1, 0.15) is 0 Å². The molecule has 1 heterocycles. The van der Waals surface area contributed by atoms with Gasteiger partial charge in [-0.05, 0) is 7.05 Å². The average Bonchev–Trinajstić information content (AvgIpc) is 2.15. The van der Waals surface area contributed by atoms with Crippen LogP contribution in [0.1, 0.15) is 0 Å². The molecule has 0 amide bonds. The average molecular weight is 218 g/mol. The second-order valence-corrected chi connectivity index (χ2v) is 4.38. The van der Waals surface area contributed by atoms with Crippen LogP contribution < -0.4 is 5.32 Å². The Balaban J connectivity index is 2.09. The van der Waals surface area contributed by atoms with Crippen molar-refractivity contribution in [2.75, 3.05) is 52.9 Å². The van der Waals surface area contributed by atoms with E-state index < -0.39 is 0 Å². The maximum absolute atomic E-state index is 5.73. The smallest absolute Gasteiger partial charge is 0.0333 e. The van der Waals surface area contributed by atoms with Crippen molar-refractivity contribution >= 4 is 11.6 Å². The van der Waals surface area contributed by atoms with Crippen LogP contribution in [0, 0.1) is 0 Å². The lowest BCUT2D eigenvalue weighted by molar-refractivity contribution is 0.211. The largest absolute Gasteiger partial charge is 0.314 e. The van der Waals surface area contributed by atoms with E-state index in [4.69, 9.17) is 11.6 Å². The van der Waals surface area contributed by atoms with Gasteiger partial charge >= 0.3 is 0 Å². The van der Waals surface area contributed by atoms with Crippen molar-refractivity contribution in [3.63, 3.8) is 0 Å². The van der Waals surface area contributed by atoms with Crippen molar-refractivity contribution < 1.29 is 0 Å². The zero-order valence-corrected chi connectivity index (χ0v) is 9.69. The second kappa shape index (κ2) is 6.40. The predicted octanol–water partition coefficient (Wildman–Crippen LogP) is 0.576. The summed E-state index contributed by atoms with van der Waals surface area (Å²) in [5, 5.41) is 4.06. The van der Waals surface area contributed by atoms with E-state index in [2.05, 4.69) is 28.7 Å². The highest BCUT2D eigenvalue weighted by molar-refractivity contribution is 6.29. The van der Waals surface area contributed by atoms with E-state index in [1.165, 1.54) is 0 Å². The number of nitrogens with zero attached hydrogens (tertiary/aromatic N) is 2. The molecule has 0 radical (unpaired) electrons. The Morgan fingerprint density at radius 1 is 1.50 bits per heavy atom. The molecular formula is C10H20ClN3. The van der Waals surface area contributed by atoms with Gasteiger partial charge in [0.2, 0.25) is 0 Å². The van der Waals surface area contributed by atoms with Crippen LogP contribution in [0.15, 0.2) is 11.6 Å². The Morgan fingerprint density at radius 3 is 2.71 bits per heavy atom. The van der Waals surface area contributed by atoms with Crippen LogP contribution in [0.25, 0.3) is 0 Å². The lowest BCUT2D eigenvalue weighted by atomic mass is 10.3. The van der Waals surface area contributed by atoms with Crippen LogP contribution in [-0.2, 0) is 0 Å². The fourth-order valence-electron chi connectivity index (χ4n) is 1.62. The zero-order chi connectivity index (χ0) is 10.4. The molecule has 1 saturated heterocycles. The standard InChI is InChI=1S/C10H20ClN3/c1-10(11)9-13(2)7-8-14-5-3-12-4-6-14/h12H,1,3-9H2,2H3. The van der Waals surface area contributed by atoms with Crippen molar-refractivity contribution in [1.29, 1.82) is 0 Å². The maximum atomic E-state index is 5.73. The number of piperazine rings is 1. The molecule has 1 fully saturated rings. The molecular weight excluding hydrogens is 198 g/mol. The van der Waals surface area contributed by atoms with E-state index in [0.29, 0.717) is 5.03 Å². The lowest BCUT2D eigenvalue weighted by Crippen LogP contribution is -2.46. The van der Waals surface area contributed by atoms with Crippen molar-refractivity contribution in [2.45, 2.75) is 0 Å². The first-order valence-corrected chi connectivity index (χ1v) is 5.51. The minimum absolute atomic E-state index is 0.716. The van der Waals surface area contributed by atoms with Crippen LogP contribution in [0.3, 0.4) is 0 Å². The maximum Gasteiger partial charge on any atom is 0.0333 e. The van der Waals surface area contributed by atoms with Gasteiger partial charge in [0.05, 0.1) is 0 Å². The molecule has 0 aromatic rings. The Bertz CT molecular complexity index is 178. The van der Waals surface area contributed by atoms with Crippen LogP contribution in [0.5, 0.6) is 0 Å². The SMILES string of the molecule is C=C(Cl)CN(C)CCN1CCNCC1. The molecule has 1 aliphatic rings. The topological polar surface area (TPSA) is 18.5 Å². The molecule has 14 heavy (non-hydrogen) atoms. The summed E-state index contributed by atoms with van der Waals surface area (Å²) in [5.74, 6) is 0. The molecule has 82 valence electrons. The third kappa shape index (κ3) is 4.96. The Morgan fingerprint density at radius 2 is 2.14 bits per heavy atom. The van der Waals surface area contributed by atoms with Crippen LogP contribution in [0.2, 0.25) is 0 Å². The molecule has 0 aromatic carbocycles. The summed E-state index contributed by atoms with van der Waals surface area (Å²) in [4.78, 5) is 4.68. The molecule has 0 spiro atoms. The van der Waals surface area contributed by atoms with Gasteiger partial charge in [-0.25, -0.2) is 0 Å². The normalized spacial score (nSPS) is 18.8. The van der Waals surface area contributed by atoms with Crippen molar-refractivity contribution in [3.8, 4) is 0 Å². The minimum atomic E-state index is 0.716. The van der Waals surface area contributed by atoms with Gasteiger partial charge in [-0.1, -0.05) is 18.2 Å². The molecule has 1 N–H and O–H groups in total. The van der Waals surface area contributed by atoms with E-state index in [9.17, 15) is 0 Å². The fraction of sp³-hybridized carbons (Fsp3) is 0.800. The first-order valence-electron chi connectivity index (χ1n) is 5.13. The number of nitrogens with one attached hydrogen (secondary N) is 1. The van der Waals surface area contributed by atoms with Gasteiger partial charge in [0.15, 0.2) is 0 Å². The molecule has 0 atom stereocenters. The summed E-state index contributed by atoms with van der Waals surface area (Å²) < 4.78 is 0. The monoisotopic (exact) mass is 217 g/mol. The van der Waals surface area contributed by atoms with E-state index in [1.807, 2.05) is 0 Å². The third-order valence-corrected chi connectivity index (χ3v) is 2.57. The molecule has 0 unspecified atom stereocenters. The van der Waals surface area contributed by atoms with Gasteiger partial charge in [-0.3, -0.25) is 9.80 Å². The lowest BCUT2D eigenvalue weighted by Gasteiger charge is -2.28. The molecule has 3 nitrogen and oxygen atoms in total. The van der Waals surface area contributed by atoms with Crippen LogP contribution in [-0.4, -0.2) is 62.7 Å². The fourth-order valence-corrected chi connectivity index (χ4v) is 1.82. The molecule has 0 saturated carbocycles. The van der Waals surface area contributed by atoms with Crippen molar-refractivity contribution in [2.24, 2.45) is 0 Å². The number of rotatable bonds is 5. The van der Waals surface area contributed by atoms with Gasteiger partial charge in [-0.2, -0.15) is 0 Å². The van der Waals surface area contributed by atoms with Gasteiger partial charge < -0.3 is 5.32 Å². The number of hydrogen-bond acceptors (Lipinski definition) is 3. The predicted molar refractivity (Wildman–Crippen MR) is 61.8 cm³/mol. The highest BCUT2D eigenvalue weighted by Gasteiger charge is 2.09. The van der Waals surface area contributed by atoms with Gasteiger partial charge in [0, 0.05) is 50.8 Å². The summed E-state index contributed by atoms with van der Waals surface area (Å²) in [5.41, 5.74) is 0. The summed E-state index contributed by atoms with van der Waals surface area (Å²) in [6.07, 6.45) is 0. The zero-order valence-electron chi connectivity index (χ0n) is 8.93. The van der Waals surface area contributed by atoms with Crippen LogP contribution >= 0.6 is 11.6 Å². The second-order valence-electron chi connectivity index (χ2n) is 3.85. The summed E-state index contributed by atoms with van der Waals surface area (Å²) in [6, 6.07) is 0. The van der Waals surface area contributed by atoms with Gasteiger partial charge in [-0.15, -0.1) is 0 Å². The highest BCUT2D eigenvalue weighted by atomic mass is 35.5. The Hall–Kier alpha value is -0.0900. The summed E-state index contributed by atoms with van der Waals surface area (Å²) in [6.45, 7) is 11.2. The van der Waals surface area contributed by atoms with E-state index >= 15 is 0 Å². The molecule has 4 heteroatoms. The number of hydrogen-bond donors (Lipinski definition) is 1.